The van der Waals surface area contributed by atoms with E-state index in [1.165, 1.54) is 45.3 Å². The van der Waals surface area contributed by atoms with Crippen LogP contribution in [0.15, 0.2) is 0 Å². The summed E-state index contributed by atoms with van der Waals surface area (Å²) in [6.07, 6.45) is 9.06. The first-order chi connectivity index (χ1) is 7.90. The molecule has 2 aliphatic heterocycles. The molecule has 2 saturated heterocycles. The second-order valence-corrected chi connectivity index (χ2v) is 6.66. The summed E-state index contributed by atoms with van der Waals surface area (Å²) in [5.74, 6) is 3.16. The molecule has 2 heterocycles. The van der Waals surface area contributed by atoms with Gasteiger partial charge in [-0.1, -0.05) is 6.42 Å². The van der Waals surface area contributed by atoms with E-state index >= 15 is 0 Å². The second kappa shape index (κ2) is 3.71. The van der Waals surface area contributed by atoms with Gasteiger partial charge in [-0.15, -0.1) is 0 Å². The number of nitrogens with zero attached hydrogens (tertiary/aromatic N) is 1. The molecular weight excluding hydrogens is 196 g/mol. The molecule has 0 aromatic rings. The lowest BCUT2D eigenvalue weighted by atomic mass is 9.93. The summed E-state index contributed by atoms with van der Waals surface area (Å²) in [4.78, 5) is 2.86. The van der Waals surface area contributed by atoms with Crippen LogP contribution in [-0.2, 0) is 0 Å². The van der Waals surface area contributed by atoms with E-state index in [9.17, 15) is 0 Å². The van der Waals surface area contributed by atoms with Crippen molar-refractivity contribution < 1.29 is 0 Å². The Morgan fingerprint density at radius 1 is 0.938 bits per heavy atom. The van der Waals surface area contributed by atoms with E-state index in [1.54, 1.807) is 12.8 Å². The number of fused-ring (bicyclic) bond motifs is 3. The van der Waals surface area contributed by atoms with E-state index in [0.717, 1.165) is 29.8 Å². The molecule has 2 bridgehead atoms. The average Bonchev–Trinajstić information content (AvgIpc) is 3.02. The number of rotatable bonds is 1. The standard InChI is InChI=1S/C14H24N2/c1-2-12-8-16(9-13(12)15-5-1)14-7-10-3-4-11(14)6-10/h10-15H,1-9H2/t10?,11?,12-,13+,14?/m0/s1. The van der Waals surface area contributed by atoms with Crippen LogP contribution in [0.3, 0.4) is 0 Å². The molecule has 2 heteroatoms. The molecule has 3 unspecified atom stereocenters. The van der Waals surface area contributed by atoms with Crippen LogP contribution in [0.25, 0.3) is 0 Å². The number of nitrogens with one attached hydrogen (secondary N) is 1. The Bertz CT molecular complexity index is 264. The highest BCUT2D eigenvalue weighted by Crippen LogP contribution is 2.47. The van der Waals surface area contributed by atoms with E-state index in [-0.39, 0.29) is 0 Å². The first kappa shape index (κ1) is 9.90. The van der Waals surface area contributed by atoms with Gasteiger partial charge in [-0.2, -0.15) is 0 Å². The largest absolute Gasteiger partial charge is 0.312 e. The molecule has 4 rings (SSSR count). The molecule has 2 nitrogen and oxygen atoms in total. The zero-order valence-electron chi connectivity index (χ0n) is 10.2. The topological polar surface area (TPSA) is 15.3 Å². The van der Waals surface area contributed by atoms with Crippen LogP contribution < -0.4 is 5.32 Å². The molecular formula is C14H24N2. The maximum absolute atomic E-state index is 3.74. The Morgan fingerprint density at radius 2 is 1.94 bits per heavy atom. The van der Waals surface area contributed by atoms with E-state index in [4.69, 9.17) is 0 Å². The van der Waals surface area contributed by atoms with Crippen molar-refractivity contribution in [3.05, 3.63) is 0 Å². The lowest BCUT2D eigenvalue weighted by Crippen LogP contribution is -2.42. The quantitative estimate of drug-likeness (QED) is 0.725. The van der Waals surface area contributed by atoms with Crippen molar-refractivity contribution >= 4 is 0 Å². The maximum Gasteiger partial charge on any atom is 0.0235 e. The van der Waals surface area contributed by atoms with E-state index < -0.39 is 0 Å². The van der Waals surface area contributed by atoms with E-state index in [1.807, 2.05) is 0 Å². The molecule has 5 atom stereocenters. The van der Waals surface area contributed by atoms with Crippen molar-refractivity contribution in [2.75, 3.05) is 19.6 Å². The SMILES string of the molecule is C1CN[C@@H]2CN(C3CC4CCC3C4)C[C@@H]2C1. The number of piperidine rings is 1. The van der Waals surface area contributed by atoms with Gasteiger partial charge >= 0.3 is 0 Å². The fraction of sp³-hybridized carbons (Fsp3) is 1.00. The highest BCUT2D eigenvalue weighted by Gasteiger charge is 2.46. The summed E-state index contributed by atoms with van der Waals surface area (Å²) in [6, 6.07) is 1.82. The van der Waals surface area contributed by atoms with Crippen LogP contribution in [0.4, 0.5) is 0 Å². The monoisotopic (exact) mass is 220 g/mol. The van der Waals surface area contributed by atoms with Crippen molar-refractivity contribution in [3.8, 4) is 0 Å². The number of hydrogen-bond acceptors (Lipinski definition) is 2. The van der Waals surface area contributed by atoms with Crippen molar-refractivity contribution in [2.45, 2.75) is 50.6 Å². The van der Waals surface area contributed by atoms with Crippen molar-refractivity contribution in [2.24, 2.45) is 17.8 Å². The van der Waals surface area contributed by atoms with Crippen LogP contribution in [0.1, 0.15) is 38.5 Å². The van der Waals surface area contributed by atoms with Crippen LogP contribution in [0, 0.1) is 17.8 Å². The van der Waals surface area contributed by atoms with Crippen LogP contribution in [-0.4, -0.2) is 36.6 Å². The lowest BCUT2D eigenvalue weighted by molar-refractivity contribution is 0.168. The Labute approximate surface area is 98.8 Å². The Morgan fingerprint density at radius 3 is 2.69 bits per heavy atom. The molecule has 4 aliphatic rings. The maximum atomic E-state index is 3.74. The number of hydrogen-bond donors (Lipinski definition) is 1. The normalized spacial score (nSPS) is 52.1. The minimum atomic E-state index is 0.841. The lowest BCUT2D eigenvalue weighted by Gasteiger charge is -2.31. The van der Waals surface area contributed by atoms with Gasteiger partial charge in [0.2, 0.25) is 0 Å². The molecule has 0 spiro atoms. The number of likely N-dealkylation sites (tertiary alicyclic amines) is 1. The van der Waals surface area contributed by atoms with Gasteiger partial charge in [-0.25, -0.2) is 0 Å². The first-order valence-electron chi connectivity index (χ1n) is 7.37. The molecule has 2 aliphatic carbocycles. The predicted octanol–water partition coefficient (Wildman–Crippen LogP) is 1.86. The summed E-state index contributed by atoms with van der Waals surface area (Å²) in [6.45, 7) is 4.04. The van der Waals surface area contributed by atoms with E-state index in [2.05, 4.69) is 10.2 Å². The van der Waals surface area contributed by atoms with Crippen LogP contribution in [0.2, 0.25) is 0 Å². The molecule has 2 saturated carbocycles. The molecule has 16 heavy (non-hydrogen) atoms. The Hall–Kier alpha value is -0.0800. The fourth-order valence-electron chi connectivity index (χ4n) is 5.01. The minimum Gasteiger partial charge on any atom is -0.312 e. The fourth-order valence-corrected chi connectivity index (χ4v) is 5.01. The molecule has 0 aromatic carbocycles. The summed E-state index contributed by atoms with van der Waals surface area (Å²) >= 11 is 0. The van der Waals surface area contributed by atoms with Gasteiger partial charge in [-0.3, -0.25) is 4.90 Å². The first-order valence-corrected chi connectivity index (χ1v) is 7.37. The van der Waals surface area contributed by atoms with Gasteiger partial charge in [0.25, 0.3) is 0 Å². The van der Waals surface area contributed by atoms with Gasteiger partial charge in [0.1, 0.15) is 0 Å². The highest BCUT2D eigenvalue weighted by molar-refractivity contribution is 5.01. The zero-order chi connectivity index (χ0) is 10.5. The third-order valence-corrected chi connectivity index (χ3v) is 5.80. The molecule has 4 fully saturated rings. The van der Waals surface area contributed by atoms with Gasteiger partial charge in [0, 0.05) is 25.2 Å². The molecule has 0 amide bonds. The molecule has 1 N–H and O–H groups in total. The molecule has 90 valence electrons. The zero-order valence-corrected chi connectivity index (χ0v) is 10.2. The summed E-state index contributed by atoms with van der Waals surface area (Å²) in [7, 11) is 0. The predicted molar refractivity (Wildman–Crippen MR) is 65.3 cm³/mol. The van der Waals surface area contributed by atoms with Gasteiger partial charge in [-0.05, 0) is 56.4 Å². The van der Waals surface area contributed by atoms with Gasteiger partial charge in [0.15, 0.2) is 0 Å². The second-order valence-electron chi connectivity index (χ2n) is 6.66. The Balaban J connectivity index is 1.45. The third-order valence-electron chi connectivity index (χ3n) is 5.80. The average molecular weight is 220 g/mol. The van der Waals surface area contributed by atoms with Crippen molar-refractivity contribution in [3.63, 3.8) is 0 Å². The highest BCUT2D eigenvalue weighted by atomic mass is 15.2. The van der Waals surface area contributed by atoms with Crippen LogP contribution >= 0.6 is 0 Å². The smallest absolute Gasteiger partial charge is 0.0235 e. The van der Waals surface area contributed by atoms with Gasteiger partial charge in [0.05, 0.1) is 0 Å². The minimum absolute atomic E-state index is 0.841. The Kier molecular flexibility index (Phi) is 2.29. The van der Waals surface area contributed by atoms with Crippen molar-refractivity contribution in [1.82, 2.24) is 10.2 Å². The summed E-state index contributed by atoms with van der Waals surface area (Å²) < 4.78 is 0. The van der Waals surface area contributed by atoms with E-state index in [0.29, 0.717) is 0 Å². The summed E-state index contributed by atoms with van der Waals surface area (Å²) in [5, 5.41) is 3.74. The summed E-state index contributed by atoms with van der Waals surface area (Å²) in [5.41, 5.74) is 0. The third kappa shape index (κ3) is 1.46. The van der Waals surface area contributed by atoms with Crippen LogP contribution in [0.5, 0.6) is 0 Å². The van der Waals surface area contributed by atoms with Crippen molar-refractivity contribution in [1.29, 1.82) is 0 Å². The molecule has 0 aromatic heterocycles. The molecule has 0 radical (unpaired) electrons. The van der Waals surface area contributed by atoms with Gasteiger partial charge < -0.3 is 5.32 Å².